The zero-order valence-corrected chi connectivity index (χ0v) is 13.7. The monoisotopic (exact) mass is 390 g/mol. The fraction of sp³-hybridized carbons (Fsp3) is 0.308. The molecule has 0 amide bonds. The van der Waals surface area contributed by atoms with Gasteiger partial charge in [0.2, 0.25) is 0 Å². The quantitative estimate of drug-likeness (QED) is 0.479. The average molecular weight is 391 g/mol. The Morgan fingerprint density at radius 1 is 1.47 bits per heavy atom. The molecule has 0 aliphatic carbocycles. The standard InChI is InChI=1S/C13H16ClIN4/c1-8-13(14)12(19(2)18-8)7-11(17-16)9-5-3-4-6-10(9)15/h3-6,11,17H,7,16H2,1-2H3. The van der Waals surface area contributed by atoms with Gasteiger partial charge in [-0.05, 0) is 41.1 Å². The highest BCUT2D eigenvalue weighted by Gasteiger charge is 2.19. The summed E-state index contributed by atoms with van der Waals surface area (Å²) in [6, 6.07) is 8.18. The van der Waals surface area contributed by atoms with Crippen molar-refractivity contribution < 1.29 is 0 Å². The highest BCUT2D eigenvalue weighted by Crippen LogP contribution is 2.27. The molecule has 0 fully saturated rings. The molecule has 4 nitrogen and oxygen atoms in total. The lowest BCUT2D eigenvalue weighted by molar-refractivity contribution is 0.528. The Morgan fingerprint density at radius 3 is 2.68 bits per heavy atom. The summed E-state index contributed by atoms with van der Waals surface area (Å²) in [5, 5.41) is 5.04. The summed E-state index contributed by atoms with van der Waals surface area (Å²) in [6.07, 6.45) is 0.701. The Hall–Kier alpha value is -0.630. The van der Waals surface area contributed by atoms with Crippen molar-refractivity contribution in [3.05, 3.63) is 49.8 Å². The van der Waals surface area contributed by atoms with Gasteiger partial charge in [-0.2, -0.15) is 5.10 Å². The molecule has 1 atom stereocenters. The van der Waals surface area contributed by atoms with E-state index in [-0.39, 0.29) is 6.04 Å². The lowest BCUT2D eigenvalue weighted by atomic mass is 10.0. The molecule has 0 saturated heterocycles. The number of halogens is 2. The maximum Gasteiger partial charge on any atom is 0.0847 e. The normalized spacial score (nSPS) is 12.7. The molecule has 2 aromatic rings. The second kappa shape index (κ2) is 6.21. The second-order valence-corrected chi connectivity index (χ2v) is 5.95. The number of nitrogens with one attached hydrogen (secondary N) is 1. The van der Waals surface area contributed by atoms with Crippen LogP contribution in [0.25, 0.3) is 0 Å². The van der Waals surface area contributed by atoms with Crippen molar-refractivity contribution in [2.24, 2.45) is 12.9 Å². The molecule has 0 bridgehead atoms. The largest absolute Gasteiger partial charge is 0.271 e. The van der Waals surface area contributed by atoms with E-state index in [4.69, 9.17) is 17.4 Å². The van der Waals surface area contributed by atoms with Gasteiger partial charge in [-0.3, -0.25) is 16.0 Å². The van der Waals surface area contributed by atoms with Crippen molar-refractivity contribution in [1.82, 2.24) is 15.2 Å². The van der Waals surface area contributed by atoms with E-state index >= 15 is 0 Å². The van der Waals surface area contributed by atoms with E-state index in [1.54, 1.807) is 0 Å². The van der Waals surface area contributed by atoms with Crippen molar-refractivity contribution in [3.63, 3.8) is 0 Å². The van der Waals surface area contributed by atoms with Crippen LogP contribution in [0.1, 0.15) is 23.0 Å². The molecule has 102 valence electrons. The van der Waals surface area contributed by atoms with Gasteiger partial charge < -0.3 is 0 Å². The van der Waals surface area contributed by atoms with Gasteiger partial charge in [0, 0.05) is 17.0 Å². The summed E-state index contributed by atoms with van der Waals surface area (Å²) in [7, 11) is 1.90. The molecule has 0 radical (unpaired) electrons. The van der Waals surface area contributed by atoms with Crippen LogP contribution >= 0.6 is 34.2 Å². The number of nitrogens with zero attached hydrogens (tertiary/aromatic N) is 2. The summed E-state index contributed by atoms with van der Waals surface area (Å²) in [6.45, 7) is 1.91. The molecule has 1 unspecified atom stereocenters. The van der Waals surface area contributed by atoms with Crippen LogP contribution in [0.2, 0.25) is 5.02 Å². The molecule has 0 saturated carbocycles. The first kappa shape index (κ1) is 14.8. The van der Waals surface area contributed by atoms with Crippen LogP contribution in [0.4, 0.5) is 0 Å². The second-order valence-electron chi connectivity index (χ2n) is 4.41. The van der Waals surface area contributed by atoms with E-state index in [9.17, 15) is 0 Å². The number of hydrogen-bond donors (Lipinski definition) is 2. The average Bonchev–Trinajstić information content (AvgIpc) is 2.63. The molecule has 2 rings (SSSR count). The SMILES string of the molecule is Cc1nn(C)c(CC(NN)c2ccccc2I)c1Cl. The van der Waals surface area contributed by atoms with E-state index in [2.05, 4.69) is 45.2 Å². The highest BCUT2D eigenvalue weighted by molar-refractivity contribution is 14.1. The first-order chi connectivity index (χ1) is 9.04. The molecule has 19 heavy (non-hydrogen) atoms. The predicted octanol–water partition coefficient (Wildman–Crippen LogP) is 2.73. The van der Waals surface area contributed by atoms with Gasteiger partial charge in [-0.1, -0.05) is 29.8 Å². The molecule has 3 N–H and O–H groups in total. The van der Waals surface area contributed by atoms with Crippen LogP contribution < -0.4 is 11.3 Å². The zero-order chi connectivity index (χ0) is 14.0. The van der Waals surface area contributed by atoms with Crippen LogP contribution in [0.5, 0.6) is 0 Å². The van der Waals surface area contributed by atoms with Crippen LogP contribution in [-0.4, -0.2) is 9.78 Å². The van der Waals surface area contributed by atoms with E-state index in [1.165, 1.54) is 9.13 Å². The molecule has 0 aliphatic heterocycles. The fourth-order valence-corrected chi connectivity index (χ4v) is 3.11. The third kappa shape index (κ3) is 3.10. The molecule has 0 aliphatic rings. The van der Waals surface area contributed by atoms with E-state index in [0.717, 1.165) is 11.4 Å². The topological polar surface area (TPSA) is 55.9 Å². The Kier molecular flexibility index (Phi) is 4.83. The molecule has 0 spiro atoms. The Balaban J connectivity index is 2.32. The van der Waals surface area contributed by atoms with Crippen molar-refractivity contribution in [3.8, 4) is 0 Å². The van der Waals surface area contributed by atoms with Crippen LogP contribution in [-0.2, 0) is 13.5 Å². The van der Waals surface area contributed by atoms with Gasteiger partial charge in [0.1, 0.15) is 0 Å². The first-order valence-electron chi connectivity index (χ1n) is 5.93. The fourth-order valence-electron chi connectivity index (χ4n) is 2.11. The molecule has 1 heterocycles. The number of benzene rings is 1. The molecule has 6 heteroatoms. The Labute approximate surface area is 131 Å². The van der Waals surface area contributed by atoms with Gasteiger partial charge in [0.15, 0.2) is 0 Å². The number of hydrazine groups is 1. The summed E-state index contributed by atoms with van der Waals surface area (Å²) >= 11 is 8.60. The van der Waals surface area contributed by atoms with Crippen LogP contribution in [0.3, 0.4) is 0 Å². The first-order valence-corrected chi connectivity index (χ1v) is 7.38. The van der Waals surface area contributed by atoms with Gasteiger partial charge in [-0.15, -0.1) is 0 Å². The highest BCUT2D eigenvalue weighted by atomic mass is 127. The van der Waals surface area contributed by atoms with Crippen molar-refractivity contribution in [1.29, 1.82) is 0 Å². The third-order valence-electron chi connectivity index (χ3n) is 3.14. The van der Waals surface area contributed by atoms with Gasteiger partial charge in [0.05, 0.1) is 22.5 Å². The van der Waals surface area contributed by atoms with Gasteiger partial charge in [0.25, 0.3) is 0 Å². The molecule has 1 aromatic heterocycles. The van der Waals surface area contributed by atoms with Crippen molar-refractivity contribution >= 4 is 34.2 Å². The number of rotatable bonds is 4. The number of nitrogens with two attached hydrogens (primary N) is 1. The minimum atomic E-state index is 0.0143. The number of aryl methyl sites for hydroxylation is 2. The van der Waals surface area contributed by atoms with Crippen LogP contribution in [0.15, 0.2) is 24.3 Å². The zero-order valence-electron chi connectivity index (χ0n) is 10.8. The summed E-state index contributed by atoms with van der Waals surface area (Å²) in [5.41, 5.74) is 5.87. The molecular formula is C13H16ClIN4. The summed E-state index contributed by atoms with van der Waals surface area (Å²) in [5.74, 6) is 5.70. The van der Waals surface area contributed by atoms with Crippen molar-refractivity contribution in [2.75, 3.05) is 0 Å². The minimum absolute atomic E-state index is 0.0143. The maximum atomic E-state index is 6.29. The Morgan fingerprint density at radius 2 is 2.16 bits per heavy atom. The number of aromatic nitrogens is 2. The minimum Gasteiger partial charge on any atom is -0.271 e. The third-order valence-corrected chi connectivity index (χ3v) is 4.61. The molecule has 1 aromatic carbocycles. The lowest BCUT2D eigenvalue weighted by Gasteiger charge is -2.18. The van der Waals surface area contributed by atoms with E-state index in [1.807, 2.05) is 30.8 Å². The maximum absolute atomic E-state index is 6.29. The predicted molar refractivity (Wildman–Crippen MR) is 85.9 cm³/mol. The smallest absolute Gasteiger partial charge is 0.0847 e. The van der Waals surface area contributed by atoms with Gasteiger partial charge in [-0.25, -0.2) is 0 Å². The van der Waals surface area contributed by atoms with Crippen molar-refractivity contribution in [2.45, 2.75) is 19.4 Å². The summed E-state index contributed by atoms with van der Waals surface area (Å²) in [4.78, 5) is 0. The van der Waals surface area contributed by atoms with E-state index in [0.29, 0.717) is 11.4 Å². The molecular weight excluding hydrogens is 375 g/mol. The Bertz CT molecular complexity index is 582. The van der Waals surface area contributed by atoms with Gasteiger partial charge >= 0.3 is 0 Å². The number of hydrogen-bond acceptors (Lipinski definition) is 3. The van der Waals surface area contributed by atoms with Crippen LogP contribution in [0, 0.1) is 10.5 Å². The van der Waals surface area contributed by atoms with E-state index < -0.39 is 0 Å². The summed E-state index contributed by atoms with van der Waals surface area (Å²) < 4.78 is 3.00. The lowest BCUT2D eigenvalue weighted by Crippen LogP contribution is -2.30.